The fourth-order valence-corrected chi connectivity index (χ4v) is 1.81. The second kappa shape index (κ2) is 5.96. The Kier molecular flexibility index (Phi) is 4.89. The third kappa shape index (κ3) is 3.57. The van der Waals surface area contributed by atoms with Gasteiger partial charge in [0.1, 0.15) is 4.99 Å². The maximum absolute atomic E-state index is 11.4. The molecular weight excluding hydrogens is 288 g/mol. The normalized spacial score (nSPS) is 9.88. The van der Waals surface area contributed by atoms with Crippen LogP contribution >= 0.6 is 28.1 Å². The monoisotopic (exact) mass is 300 g/mol. The zero-order valence-corrected chi connectivity index (χ0v) is 11.3. The van der Waals surface area contributed by atoms with Crippen molar-refractivity contribution < 1.29 is 4.79 Å². The zero-order valence-electron chi connectivity index (χ0n) is 8.92. The van der Waals surface area contributed by atoms with E-state index in [1.165, 1.54) is 0 Å². The number of halogens is 1. The molecule has 3 N–H and O–H groups in total. The number of carbonyl (C=O) groups is 1. The van der Waals surface area contributed by atoms with Crippen LogP contribution in [-0.4, -0.2) is 10.9 Å². The van der Waals surface area contributed by atoms with Gasteiger partial charge in [0.05, 0.1) is 5.69 Å². The SMILES string of the molecule is CCCC(=O)Nc1ccc(C(N)=S)cc1Br. The average Bonchev–Trinajstić information content (AvgIpc) is 2.21. The smallest absolute Gasteiger partial charge is 0.224 e. The Morgan fingerprint density at radius 3 is 2.75 bits per heavy atom. The predicted molar refractivity (Wildman–Crippen MR) is 73.6 cm³/mol. The van der Waals surface area contributed by atoms with E-state index in [4.69, 9.17) is 18.0 Å². The summed E-state index contributed by atoms with van der Waals surface area (Å²) in [5, 5.41) is 2.81. The molecule has 0 bridgehead atoms. The Balaban J connectivity index is 2.83. The fraction of sp³-hybridized carbons (Fsp3) is 0.273. The summed E-state index contributed by atoms with van der Waals surface area (Å²) in [7, 11) is 0. The molecule has 1 amide bonds. The van der Waals surface area contributed by atoms with Crippen molar-refractivity contribution in [3.63, 3.8) is 0 Å². The number of nitrogens with one attached hydrogen (secondary N) is 1. The van der Waals surface area contributed by atoms with Crippen molar-refractivity contribution in [3.05, 3.63) is 28.2 Å². The van der Waals surface area contributed by atoms with E-state index in [0.29, 0.717) is 11.4 Å². The first-order chi connectivity index (χ1) is 7.54. The predicted octanol–water partition coefficient (Wildman–Crippen LogP) is 2.82. The summed E-state index contributed by atoms with van der Waals surface area (Å²) in [6.07, 6.45) is 1.35. The molecular formula is C11H13BrN2OS. The first-order valence-electron chi connectivity index (χ1n) is 4.93. The zero-order chi connectivity index (χ0) is 12.1. The molecule has 0 saturated carbocycles. The van der Waals surface area contributed by atoms with Gasteiger partial charge in [0.15, 0.2) is 0 Å². The lowest BCUT2D eigenvalue weighted by atomic mass is 10.2. The number of benzene rings is 1. The molecule has 0 aliphatic heterocycles. The van der Waals surface area contributed by atoms with E-state index in [9.17, 15) is 4.79 Å². The molecule has 1 aromatic carbocycles. The lowest BCUT2D eigenvalue weighted by molar-refractivity contribution is -0.116. The lowest BCUT2D eigenvalue weighted by Crippen LogP contribution is -2.12. The van der Waals surface area contributed by atoms with Gasteiger partial charge < -0.3 is 11.1 Å². The molecule has 0 aromatic heterocycles. The topological polar surface area (TPSA) is 55.1 Å². The van der Waals surface area contributed by atoms with E-state index < -0.39 is 0 Å². The second-order valence-corrected chi connectivity index (χ2v) is 4.65. The Morgan fingerprint density at radius 2 is 2.25 bits per heavy atom. The number of nitrogens with two attached hydrogens (primary N) is 1. The van der Waals surface area contributed by atoms with Crippen LogP contribution in [0.2, 0.25) is 0 Å². The van der Waals surface area contributed by atoms with Gasteiger partial charge in [-0.2, -0.15) is 0 Å². The second-order valence-electron chi connectivity index (χ2n) is 3.36. The Bertz CT molecular complexity index is 420. The van der Waals surface area contributed by atoms with Gasteiger partial charge in [-0.15, -0.1) is 0 Å². The molecule has 0 unspecified atom stereocenters. The van der Waals surface area contributed by atoms with Crippen molar-refractivity contribution in [2.75, 3.05) is 5.32 Å². The maximum atomic E-state index is 11.4. The highest BCUT2D eigenvalue weighted by atomic mass is 79.9. The molecule has 0 fully saturated rings. The highest BCUT2D eigenvalue weighted by molar-refractivity contribution is 9.10. The number of rotatable bonds is 4. The van der Waals surface area contributed by atoms with Crippen molar-refractivity contribution >= 4 is 44.7 Å². The number of anilines is 1. The minimum Gasteiger partial charge on any atom is -0.389 e. The molecule has 0 heterocycles. The number of hydrogen-bond acceptors (Lipinski definition) is 2. The summed E-state index contributed by atoms with van der Waals surface area (Å²) in [4.78, 5) is 11.7. The summed E-state index contributed by atoms with van der Waals surface area (Å²) < 4.78 is 0.780. The molecule has 0 aliphatic rings. The number of amides is 1. The first-order valence-corrected chi connectivity index (χ1v) is 6.14. The molecule has 1 rings (SSSR count). The molecule has 86 valence electrons. The van der Waals surface area contributed by atoms with E-state index in [0.717, 1.165) is 22.1 Å². The summed E-state index contributed by atoms with van der Waals surface area (Å²) in [6, 6.07) is 5.37. The van der Waals surface area contributed by atoms with Gasteiger partial charge in [-0.1, -0.05) is 19.1 Å². The van der Waals surface area contributed by atoms with Gasteiger partial charge in [0.2, 0.25) is 5.91 Å². The molecule has 16 heavy (non-hydrogen) atoms. The van der Waals surface area contributed by atoms with Gasteiger partial charge in [-0.05, 0) is 40.5 Å². The van der Waals surface area contributed by atoms with Gasteiger partial charge in [0, 0.05) is 16.5 Å². The summed E-state index contributed by atoms with van der Waals surface area (Å²) in [5.74, 6) is 0.00581. The summed E-state index contributed by atoms with van der Waals surface area (Å²) >= 11 is 8.23. The lowest BCUT2D eigenvalue weighted by Gasteiger charge is -2.08. The van der Waals surface area contributed by atoms with Crippen molar-refractivity contribution in [3.8, 4) is 0 Å². The van der Waals surface area contributed by atoms with Crippen molar-refractivity contribution in [2.24, 2.45) is 5.73 Å². The molecule has 5 heteroatoms. The average molecular weight is 301 g/mol. The summed E-state index contributed by atoms with van der Waals surface area (Å²) in [5.41, 5.74) is 7.01. The van der Waals surface area contributed by atoms with E-state index >= 15 is 0 Å². The molecule has 0 spiro atoms. The van der Waals surface area contributed by atoms with Gasteiger partial charge in [-0.3, -0.25) is 4.79 Å². The standard InChI is InChI=1S/C11H13BrN2OS/c1-2-3-10(15)14-9-5-4-7(11(13)16)6-8(9)12/h4-6H,2-3H2,1H3,(H2,13,16)(H,14,15). The summed E-state index contributed by atoms with van der Waals surface area (Å²) in [6.45, 7) is 1.96. The van der Waals surface area contributed by atoms with Crippen molar-refractivity contribution in [1.29, 1.82) is 0 Å². The minimum absolute atomic E-state index is 0.00581. The molecule has 0 radical (unpaired) electrons. The van der Waals surface area contributed by atoms with E-state index in [-0.39, 0.29) is 5.91 Å². The molecule has 1 aromatic rings. The van der Waals surface area contributed by atoms with Crippen LogP contribution in [-0.2, 0) is 4.79 Å². The van der Waals surface area contributed by atoms with Gasteiger partial charge in [0.25, 0.3) is 0 Å². The van der Waals surface area contributed by atoms with Gasteiger partial charge in [-0.25, -0.2) is 0 Å². The van der Waals surface area contributed by atoms with Crippen LogP contribution in [0.25, 0.3) is 0 Å². The van der Waals surface area contributed by atoms with Crippen LogP contribution in [0.4, 0.5) is 5.69 Å². The van der Waals surface area contributed by atoms with E-state index in [1.807, 2.05) is 6.92 Å². The third-order valence-corrected chi connectivity index (χ3v) is 2.90. The maximum Gasteiger partial charge on any atom is 0.224 e. The largest absolute Gasteiger partial charge is 0.389 e. The Labute approximate surface area is 109 Å². The number of thiocarbonyl (C=S) groups is 1. The van der Waals surface area contributed by atoms with Crippen molar-refractivity contribution in [2.45, 2.75) is 19.8 Å². The van der Waals surface area contributed by atoms with Crippen molar-refractivity contribution in [1.82, 2.24) is 0 Å². The fourth-order valence-electron chi connectivity index (χ4n) is 1.21. The quantitative estimate of drug-likeness (QED) is 0.841. The van der Waals surface area contributed by atoms with Crippen LogP contribution in [0, 0.1) is 0 Å². The van der Waals surface area contributed by atoms with Crippen LogP contribution in [0.1, 0.15) is 25.3 Å². The van der Waals surface area contributed by atoms with Crippen LogP contribution in [0.5, 0.6) is 0 Å². The Morgan fingerprint density at radius 1 is 1.56 bits per heavy atom. The third-order valence-electron chi connectivity index (χ3n) is 2.00. The van der Waals surface area contributed by atoms with E-state index in [1.54, 1.807) is 18.2 Å². The van der Waals surface area contributed by atoms with Gasteiger partial charge >= 0.3 is 0 Å². The number of hydrogen-bond donors (Lipinski definition) is 2. The van der Waals surface area contributed by atoms with E-state index in [2.05, 4.69) is 21.2 Å². The Hall–Kier alpha value is -0.940. The highest BCUT2D eigenvalue weighted by Gasteiger charge is 2.06. The van der Waals surface area contributed by atoms with Crippen LogP contribution in [0.3, 0.4) is 0 Å². The van der Waals surface area contributed by atoms with Crippen LogP contribution < -0.4 is 11.1 Å². The molecule has 0 aliphatic carbocycles. The number of carbonyl (C=O) groups excluding carboxylic acids is 1. The van der Waals surface area contributed by atoms with Crippen LogP contribution in [0.15, 0.2) is 22.7 Å². The molecule has 3 nitrogen and oxygen atoms in total. The first kappa shape index (κ1) is 13.1. The highest BCUT2D eigenvalue weighted by Crippen LogP contribution is 2.23. The minimum atomic E-state index is 0.00581. The molecule has 0 saturated heterocycles. The molecule has 0 atom stereocenters.